The van der Waals surface area contributed by atoms with Gasteiger partial charge in [0.15, 0.2) is 0 Å². The topological polar surface area (TPSA) is 69.6 Å². The zero-order valence-corrected chi connectivity index (χ0v) is 12.6. The number of aliphatic carboxylic acids is 1. The van der Waals surface area contributed by atoms with Crippen molar-refractivity contribution in [3.63, 3.8) is 0 Å². The van der Waals surface area contributed by atoms with Crippen LogP contribution in [-0.2, 0) is 4.79 Å². The summed E-state index contributed by atoms with van der Waals surface area (Å²) in [4.78, 5) is 24.8. The molecule has 1 aliphatic rings. The van der Waals surface area contributed by atoms with E-state index in [0.29, 0.717) is 31.0 Å². The maximum Gasteiger partial charge on any atom is 0.317 e. The van der Waals surface area contributed by atoms with Crippen LogP contribution < -0.4 is 5.32 Å². The highest BCUT2D eigenvalue weighted by Gasteiger charge is 2.27. The summed E-state index contributed by atoms with van der Waals surface area (Å²) in [6.07, 6.45) is 1.01. The first-order valence-electron chi connectivity index (χ1n) is 7.01. The van der Waals surface area contributed by atoms with Crippen molar-refractivity contribution < 1.29 is 14.7 Å². The van der Waals surface area contributed by atoms with E-state index in [9.17, 15) is 9.59 Å². The maximum atomic E-state index is 12.2. The maximum absolute atomic E-state index is 12.2. The Morgan fingerprint density at radius 2 is 1.95 bits per heavy atom. The Hall–Kier alpha value is -1.75. The van der Waals surface area contributed by atoms with Gasteiger partial charge in [0.25, 0.3) is 0 Å². The molecule has 0 saturated carbocycles. The summed E-state index contributed by atoms with van der Waals surface area (Å²) < 4.78 is 0. The zero-order chi connectivity index (χ0) is 15.4. The van der Waals surface area contributed by atoms with Gasteiger partial charge in [-0.3, -0.25) is 4.79 Å². The minimum absolute atomic E-state index is 0.175. The molecule has 0 radical (unpaired) electrons. The Bertz CT molecular complexity index is 527. The molecule has 1 atom stereocenters. The van der Waals surface area contributed by atoms with Crippen molar-refractivity contribution in [2.24, 2.45) is 5.92 Å². The number of likely N-dealkylation sites (tertiary alicyclic amines) is 1. The highest BCUT2D eigenvalue weighted by Crippen LogP contribution is 2.23. The largest absolute Gasteiger partial charge is 0.481 e. The minimum atomic E-state index is -0.778. The number of carbonyl (C=O) groups is 2. The van der Waals surface area contributed by atoms with Crippen LogP contribution in [0.25, 0.3) is 0 Å². The van der Waals surface area contributed by atoms with Crippen LogP contribution in [0.3, 0.4) is 0 Å². The van der Waals surface area contributed by atoms with Gasteiger partial charge in [-0.25, -0.2) is 4.79 Å². The van der Waals surface area contributed by atoms with E-state index in [1.807, 2.05) is 25.1 Å². The molecule has 2 amide bonds. The second kappa shape index (κ2) is 6.80. The second-order valence-corrected chi connectivity index (χ2v) is 5.70. The molecule has 1 aliphatic heterocycles. The van der Waals surface area contributed by atoms with E-state index in [1.165, 1.54) is 0 Å². The Morgan fingerprint density at radius 1 is 1.33 bits per heavy atom. The summed E-state index contributed by atoms with van der Waals surface area (Å²) in [7, 11) is 0. The van der Waals surface area contributed by atoms with Crippen molar-refractivity contribution in [2.75, 3.05) is 13.1 Å². The van der Waals surface area contributed by atoms with E-state index in [0.717, 1.165) is 5.56 Å². The van der Waals surface area contributed by atoms with Crippen LogP contribution in [0, 0.1) is 5.92 Å². The third-order valence-electron chi connectivity index (χ3n) is 3.84. The number of carboxylic acid groups (broad SMARTS) is 1. The van der Waals surface area contributed by atoms with Crippen LogP contribution in [0.15, 0.2) is 24.3 Å². The molecular weight excluding hydrogens is 292 g/mol. The summed E-state index contributed by atoms with van der Waals surface area (Å²) in [5, 5.41) is 12.5. The lowest BCUT2D eigenvalue weighted by molar-refractivity contribution is -0.143. The number of rotatable bonds is 3. The molecule has 2 rings (SSSR count). The van der Waals surface area contributed by atoms with Gasteiger partial charge in [0.2, 0.25) is 0 Å². The monoisotopic (exact) mass is 310 g/mol. The molecule has 1 aromatic carbocycles. The number of carboxylic acids is 1. The summed E-state index contributed by atoms with van der Waals surface area (Å²) >= 11 is 6.11. The first-order chi connectivity index (χ1) is 9.99. The molecule has 0 bridgehead atoms. The van der Waals surface area contributed by atoms with Gasteiger partial charge in [-0.15, -0.1) is 0 Å². The Morgan fingerprint density at radius 3 is 2.52 bits per heavy atom. The number of piperidine rings is 1. The number of amides is 2. The van der Waals surface area contributed by atoms with Crippen LogP contribution in [0.2, 0.25) is 5.02 Å². The Labute approximate surface area is 128 Å². The molecule has 0 aliphatic carbocycles. The van der Waals surface area contributed by atoms with Gasteiger partial charge < -0.3 is 15.3 Å². The van der Waals surface area contributed by atoms with E-state index in [2.05, 4.69) is 5.32 Å². The highest BCUT2D eigenvalue weighted by molar-refractivity contribution is 6.31. The number of hydrogen-bond acceptors (Lipinski definition) is 2. The quantitative estimate of drug-likeness (QED) is 0.902. The van der Waals surface area contributed by atoms with E-state index in [-0.39, 0.29) is 18.0 Å². The molecule has 1 saturated heterocycles. The first-order valence-corrected chi connectivity index (χ1v) is 7.39. The van der Waals surface area contributed by atoms with Gasteiger partial charge >= 0.3 is 12.0 Å². The molecule has 1 heterocycles. The number of carbonyl (C=O) groups excluding carboxylic acids is 1. The molecule has 2 N–H and O–H groups in total. The van der Waals surface area contributed by atoms with Crippen molar-refractivity contribution in [1.29, 1.82) is 0 Å². The van der Waals surface area contributed by atoms with Crippen molar-refractivity contribution in [1.82, 2.24) is 10.2 Å². The van der Waals surface area contributed by atoms with Crippen LogP contribution in [0.4, 0.5) is 4.79 Å². The smallest absolute Gasteiger partial charge is 0.317 e. The molecule has 6 heteroatoms. The summed E-state index contributed by atoms with van der Waals surface area (Å²) in [5.74, 6) is -1.12. The van der Waals surface area contributed by atoms with Crippen LogP contribution in [0.1, 0.15) is 31.4 Å². The summed E-state index contributed by atoms with van der Waals surface area (Å²) in [6.45, 7) is 2.82. The summed E-state index contributed by atoms with van der Waals surface area (Å²) in [6, 6.07) is 7.02. The van der Waals surface area contributed by atoms with E-state index in [1.54, 1.807) is 11.0 Å². The van der Waals surface area contributed by atoms with Crippen molar-refractivity contribution in [3.05, 3.63) is 34.9 Å². The fourth-order valence-corrected chi connectivity index (χ4v) is 2.81. The van der Waals surface area contributed by atoms with Gasteiger partial charge in [0.1, 0.15) is 0 Å². The number of hydrogen-bond donors (Lipinski definition) is 2. The molecule has 5 nitrogen and oxygen atoms in total. The van der Waals surface area contributed by atoms with Gasteiger partial charge in [-0.05, 0) is 31.4 Å². The van der Waals surface area contributed by atoms with Gasteiger partial charge in [-0.1, -0.05) is 29.8 Å². The molecule has 0 spiro atoms. The lowest BCUT2D eigenvalue weighted by Crippen LogP contribution is -2.46. The van der Waals surface area contributed by atoms with Crippen LogP contribution >= 0.6 is 11.6 Å². The zero-order valence-electron chi connectivity index (χ0n) is 11.9. The molecule has 0 unspecified atom stereocenters. The average molecular weight is 311 g/mol. The third-order valence-corrected chi connectivity index (χ3v) is 4.19. The predicted octanol–water partition coefficient (Wildman–Crippen LogP) is 2.91. The van der Waals surface area contributed by atoms with Gasteiger partial charge in [0.05, 0.1) is 12.0 Å². The Kier molecular flexibility index (Phi) is 5.07. The fourth-order valence-electron chi connectivity index (χ4n) is 2.51. The van der Waals surface area contributed by atoms with Crippen LogP contribution in [0.5, 0.6) is 0 Å². The number of benzene rings is 1. The third kappa shape index (κ3) is 3.88. The van der Waals surface area contributed by atoms with E-state index >= 15 is 0 Å². The predicted molar refractivity (Wildman–Crippen MR) is 80.3 cm³/mol. The number of nitrogens with zero attached hydrogens (tertiary/aromatic N) is 1. The van der Waals surface area contributed by atoms with Crippen LogP contribution in [-0.4, -0.2) is 35.1 Å². The molecule has 0 aromatic heterocycles. The van der Waals surface area contributed by atoms with Crippen molar-refractivity contribution in [2.45, 2.75) is 25.8 Å². The molecule has 114 valence electrons. The fraction of sp³-hybridized carbons (Fsp3) is 0.467. The van der Waals surface area contributed by atoms with E-state index < -0.39 is 5.97 Å². The first kappa shape index (κ1) is 15.6. The SMILES string of the molecule is C[C@H](NC(=O)N1CCC(C(=O)O)CC1)c1ccccc1Cl. The average Bonchev–Trinajstić information content (AvgIpc) is 2.47. The normalized spacial score (nSPS) is 17.3. The minimum Gasteiger partial charge on any atom is -0.481 e. The lowest BCUT2D eigenvalue weighted by atomic mass is 9.97. The second-order valence-electron chi connectivity index (χ2n) is 5.29. The summed E-state index contributed by atoms with van der Waals surface area (Å²) in [5.41, 5.74) is 0.868. The number of urea groups is 1. The molecule has 21 heavy (non-hydrogen) atoms. The molecular formula is C15H19ClN2O3. The standard InChI is InChI=1S/C15H19ClN2O3/c1-10(12-4-2-3-5-13(12)16)17-15(21)18-8-6-11(7-9-18)14(19)20/h2-5,10-11H,6-9H2,1H3,(H,17,21)(H,19,20)/t10-/m0/s1. The highest BCUT2D eigenvalue weighted by atomic mass is 35.5. The van der Waals surface area contributed by atoms with Gasteiger partial charge in [0, 0.05) is 18.1 Å². The van der Waals surface area contributed by atoms with Crippen molar-refractivity contribution in [3.8, 4) is 0 Å². The van der Waals surface area contributed by atoms with Crippen molar-refractivity contribution >= 4 is 23.6 Å². The van der Waals surface area contributed by atoms with Gasteiger partial charge in [-0.2, -0.15) is 0 Å². The van der Waals surface area contributed by atoms with E-state index in [4.69, 9.17) is 16.7 Å². The lowest BCUT2D eigenvalue weighted by Gasteiger charge is -2.31. The molecule has 1 fully saturated rings. The Balaban J connectivity index is 1.90. The number of nitrogens with one attached hydrogen (secondary N) is 1. The molecule has 1 aromatic rings. The number of halogens is 1.